The molecular formula is C21H19F3N4O2S2. The number of likely N-dealkylation sites (tertiary alicyclic amines) is 1. The van der Waals surface area contributed by atoms with Crippen LogP contribution >= 0.6 is 22.7 Å². The Bertz CT molecular complexity index is 1150. The summed E-state index contributed by atoms with van der Waals surface area (Å²) in [5.74, 6) is -0.277. The van der Waals surface area contributed by atoms with Gasteiger partial charge in [-0.3, -0.25) is 14.5 Å². The molecule has 0 bridgehead atoms. The summed E-state index contributed by atoms with van der Waals surface area (Å²) in [5, 5.41) is 2.71. The summed E-state index contributed by atoms with van der Waals surface area (Å²) in [6.07, 6.45) is -2.83. The number of alkyl halides is 3. The van der Waals surface area contributed by atoms with Crippen molar-refractivity contribution < 1.29 is 22.8 Å². The molecular weight excluding hydrogens is 461 g/mol. The van der Waals surface area contributed by atoms with E-state index < -0.39 is 11.7 Å². The average Bonchev–Trinajstić information content (AvgIpc) is 3.41. The number of thiazole rings is 1. The molecule has 0 aliphatic carbocycles. The minimum Gasteiger partial charge on any atom is -0.335 e. The van der Waals surface area contributed by atoms with Crippen molar-refractivity contribution in [3.05, 3.63) is 51.3 Å². The maximum absolute atomic E-state index is 13.3. The van der Waals surface area contributed by atoms with Crippen LogP contribution in [-0.4, -0.2) is 76.8 Å². The number of fused-ring (bicyclic) bond motifs is 1. The largest absolute Gasteiger partial charge is 0.417 e. The van der Waals surface area contributed by atoms with E-state index in [1.807, 2.05) is 0 Å². The van der Waals surface area contributed by atoms with E-state index in [1.165, 1.54) is 17.4 Å². The summed E-state index contributed by atoms with van der Waals surface area (Å²) in [6.45, 7) is 3.75. The highest BCUT2D eigenvalue weighted by Crippen LogP contribution is 2.39. The van der Waals surface area contributed by atoms with E-state index in [1.54, 1.807) is 33.5 Å². The molecule has 168 valence electrons. The summed E-state index contributed by atoms with van der Waals surface area (Å²) in [6, 6.07) is 5.77. The van der Waals surface area contributed by atoms with Gasteiger partial charge >= 0.3 is 6.18 Å². The van der Waals surface area contributed by atoms with Crippen molar-refractivity contribution in [3.8, 4) is 0 Å². The summed E-state index contributed by atoms with van der Waals surface area (Å²) >= 11 is 2.23. The molecule has 11 heteroatoms. The zero-order valence-corrected chi connectivity index (χ0v) is 18.5. The highest BCUT2D eigenvalue weighted by Gasteiger charge is 2.38. The lowest BCUT2D eigenvalue weighted by Crippen LogP contribution is -2.64. The first kappa shape index (κ1) is 21.4. The topological polar surface area (TPSA) is 56.8 Å². The van der Waals surface area contributed by atoms with E-state index in [0.717, 1.165) is 30.5 Å². The summed E-state index contributed by atoms with van der Waals surface area (Å²) in [7, 11) is 0. The van der Waals surface area contributed by atoms with E-state index in [0.29, 0.717) is 41.5 Å². The Balaban J connectivity index is 1.18. The highest BCUT2D eigenvalue weighted by molar-refractivity contribution is 7.21. The second kappa shape index (κ2) is 8.13. The van der Waals surface area contributed by atoms with Crippen molar-refractivity contribution in [1.82, 2.24) is 19.7 Å². The third-order valence-corrected chi connectivity index (χ3v) is 7.88. The molecule has 2 amide bonds. The molecule has 2 aliphatic heterocycles. The number of hydrogen-bond donors (Lipinski definition) is 0. The van der Waals surface area contributed by atoms with Crippen LogP contribution in [0.15, 0.2) is 35.8 Å². The SMILES string of the molecule is O=C(c1cc2cccc(C(F)(F)F)c2s1)N1CC(N2CCN(C(=O)c3nccs3)CC2)C1. The fourth-order valence-electron chi connectivity index (χ4n) is 4.15. The number of hydrogen-bond acceptors (Lipinski definition) is 6. The number of carbonyl (C=O) groups is 2. The van der Waals surface area contributed by atoms with Crippen molar-refractivity contribution in [2.24, 2.45) is 0 Å². The zero-order valence-electron chi connectivity index (χ0n) is 16.8. The van der Waals surface area contributed by atoms with Crippen LogP contribution in [0.1, 0.15) is 25.0 Å². The maximum atomic E-state index is 13.3. The van der Waals surface area contributed by atoms with Crippen LogP contribution in [0.4, 0.5) is 13.2 Å². The van der Waals surface area contributed by atoms with Crippen LogP contribution in [0, 0.1) is 0 Å². The number of piperazine rings is 1. The summed E-state index contributed by atoms with van der Waals surface area (Å²) in [4.78, 5) is 35.4. The number of halogens is 3. The minimum atomic E-state index is -4.45. The van der Waals surface area contributed by atoms with Crippen molar-refractivity contribution in [3.63, 3.8) is 0 Å². The molecule has 2 saturated heterocycles. The molecule has 2 aromatic heterocycles. The van der Waals surface area contributed by atoms with Gasteiger partial charge in [0.25, 0.3) is 11.8 Å². The van der Waals surface area contributed by atoms with Crippen LogP contribution in [0.5, 0.6) is 0 Å². The van der Waals surface area contributed by atoms with Crippen molar-refractivity contribution in [2.45, 2.75) is 12.2 Å². The summed E-state index contributed by atoms with van der Waals surface area (Å²) < 4.78 is 39.9. The second-order valence-electron chi connectivity index (χ2n) is 7.86. The van der Waals surface area contributed by atoms with Crippen molar-refractivity contribution in [2.75, 3.05) is 39.3 Å². The van der Waals surface area contributed by atoms with Gasteiger partial charge in [-0.2, -0.15) is 13.2 Å². The summed E-state index contributed by atoms with van der Waals surface area (Å²) in [5.41, 5.74) is -0.703. The molecule has 4 heterocycles. The highest BCUT2D eigenvalue weighted by atomic mass is 32.1. The van der Waals surface area contributed by atoms with Crippen molar-refractivity contribution >= 4 is 44.6 Å². The molecule has 0 saturated carbocycles. The van der Waals surface area contributed by atoms with Crippen LogP contribution < -0.4 is 0 Å². The number of benzene rings is 1. The van der Waals surface area contributed by atoms with Gasteiger partial charge in [-0.25, -0.2) is 4.98 Å². The van der Waals surface area contributed by atoms with E-state index in [9.17, 15) is 22.8 Å². The molecule has 0 atom stereocenters. The van der Waals surface area contributed by atoms with E-state index >= 15 is 0 Å². The molecule has 3 aromatic rings. The van der Waals surface area contributed by atoms with E-state index in [-0.39, 0.29) is 22.6 Å². The Morgan fingerprint density at radius 2 is 1.78 bits per heavy atom. The number of rotatable bonds is 3. The Morgan fingerprint density at radius 3 is 2.44 bits per heavy atom. The van der Waals surface area contributed by atoms with Crippen LogP contribution in [-0.2, 0) is 6.18 Å². The Labute approximate surface area is 189 Å². The van der Waals surface area contributed by atoms with E-state index in [4.69, 9.17) is 0 Å². The molecule has 0 radical (unpaired) electrons. The number of carbonyl (C=O) groups excluding carboxylic acids is 2. The van der Waals surface area contributed by atoms with Gasteiger partial charge in [-0.05, 0) is 17.5 Å². The number of amides is 2. The second-order valence-corrected chi connectivity index (χ2v) is 9.81. The first-order chi connectivity index (χ1) is 15.3. The average molecular weight is 481 g/mol. The molecule has 2 fully saturated rings. The minimum absolute atomic E-state index is 0.0481. The molecule has 32 heavy (non-hydrogen) atoms. The Hall–Kier alpha value is -2.50. The molecule has 0 spiro atoms. The van der Waals surface area contributed by atoms with Gasteiger partial charge in [-0.15, -0.1) is 22.7 Å². The lowest BCUT2D eigenvalue weighted by Gasteiger charge is -2.47. The predicted molar refractivity (Wildman–Crippen MR) is 116 cm³/mol. The number of nitrogens with zero attached hydrogens (tertiary/aromatic N) is 4. The predicted octanol–water partition coefficient (Wildman–Crippen LogP) is 3.66. The Morgan fingerprint density at radius 1 is 1.03 bits per heavy atom. The molecule has 1 aromatic carbocycles. The van der Waals surface area contributed by atoms with Crippen LogP contribution in [0.3, 0.4) is 0 Å². The van der Waals surface area contributed by atoms with Crippen LogP contribution in [0.2, 0.25) is 0 Å². The van der Waals surface area contributed by atoms with Gasteiger partial charge in [-0.1, -0.05) is 12.1 Å². The molecule has 0 N–H and O–H groups in total. The quantitative estimate of drug-likeness (QED) is 0.574. The van der Waals surface area contributed by atoms with Gasteiger partial charge in [0, 0.05) is 61.6 Å². The number of thiophene rings is 1. The standard InChI is InChI=1S/C21H19F3N4O2S2/c22-21(23,24)15-3-1-2-13-10-16(32-17(13)15)19(29)28-11-14(12-28)26-5-7-27(8-6-26)20(30)18-25-4-9-31-18/h1-4,9-10,14H,5-8,11-12H2. The van der Waals surface area contributed by atoms with E-state index in [2.05, 4.69) is 9.88 Å². The fourth-order valence-corrected chi connectivity index (χ4v) is 5.92. The lowest BCUT2D eigenvalue weighted by molar-refractivity contribution is -0.136. The Kier molecular flexibility index (Phi) is 5.42. The third kappa shape index (κ3) is 3.89. The monoisotopic (exact) mass is 480 g/mol. The molecule has 5 rings (SSSR count). The smallest absolute Gasteiger partial charge is 0.335 e. The normalized spacial score (nSPS) is 18.2. The zero-order chi connectivity index (χ0) is 22.5. The van der Waals surface area contributed by atoms with Gasteiger partial charge < -0.3 is 9.80 Å². The first-order valence-electron chi connectivity index (χ1n) is 10.1. The fraction of sp³-hybridized carbons (Fsp3) is 0.381. The molecule has 0 unspecified atom stereocenters. The maximum Gasteiger partial charge on any atom is 0.417 e. The van der Waals surface area contributed by atoms with Gasteiger partial charge in [0.15, 0.2) is 5.01 Å². The third-order valence-electron chi connectivity index (χ3n) is 5.94. The first-order valence-corrected chi connectivity index (χ1v) is 11.8. The number of aromatic nitrogens is 1. The van der Waals surface area contributed by atoms with Crippen molar-refractivity contribution in [1.29, 1.82) is 0 Å². The van der Waals surface area contributed by atoms with Gasteiger partial charge in [0.2, 0.25) is 0 Å². The van der Waals surface area contributed by atoms with Gasteiger partial charge in [0.1, 0.15) is 0 Å². The molecule has 6 nitrogen and oxygen atoms in total. The van der Waals surface area contributed by atoms with Crippen LogP contribution in [0.25, 0.3) is 10.1 Å². The lowest BCUT2D eigenvalue weighted by atomic mass is 10.1. The molecule has 2 aliphatic rings. The van der Waals surface area contributed by atoms with Gasteiger partial charge in [0.05, 0.1) is 10.4 Å².